The van der Waals surface area contributed by atoms with E-state index in [0.717, 1.165) is 28.2 Å². The molecule has 1 saturated carbocycles. The molecule has 0 saturated heterocycles. The zero-order valence-electron chi connectivity index (χ0n) is 15.8. The first-order chi connectivity index (χ1) is 13.9. The van der Waals surface area contributed by atoms with Crippen LogP contribution in [0.1, 0.15) is 29.0 Å². The molecule has 6 heteroatoms. The lowest BCUT2D eigenvalue weighted by Gasteiger charge is -2.12. The number of benzene rings is 3. The number of rotatable bonds is 5. The highest BCUT2D eigenvalue weighted by Gasteiger charge is 2.47. The van der Waals surface area contributed by atoms with Gasteiger partial charge in [-0.15, -0.1) is 0 Å². The van der Waals surface area contributed by atoms with Crippen LogP contribution in [0.3, 0.4) is 0 Å². The minimum absolute atomic E-state index is 0.207. The van der Waals surface area contributed by atoms with E-state index in [4.69, 9.17) is 4.74 Å². The summed E-state index contributed by atoms with van der Waals surface area (Å²) in [7, 11) is 1.61. The van der Waals surface area contributed by atoms with Crippen LogP contribution >= 0.6 is 0 Å². The molecule has 0 heterocycles. The summed E-state index contributed by atoms with van der Waals surface area (Å²) in [6.45, 7) is 0.338. The van der Waals surface area contributed by atoms with E-state index in [1.54, 1.807) is 13.2 Å². The Hall–Kier alpha value is -3.02. The van der Waals surface area contributed by atoms with E-state index in [0.29, 0.717) is 13.0 Å². The number of hydrogen-bond acceptors (Lipinski definition) is 2. The van der Waals surface area contributed by atoms with Crippen LogP contribution in [-0.2, 0) is 17.5 Å². The second-order valence-electron chi connectivity index (χ2n) is 7.30. The Labute approximate surface area is 166 Å². The Kier molecular flexibility index (Phi) is 4.94. The molecule has 150 valence electrons. The van der Waals surface area contributed by atoms with Crippen LogP contribution in [0.4, 0.5) is 13.2 Å². The minimum atomic E-state index is -4.41. The van der Waals surface area contributed by atoms with Crippen molar-refractivity contribution in [3.05, 3.63) is 77.4 Å². The van der Waals surface area contributed by atoms with Crippen molar-refractivity contribution >= 4 is 16.7 Å². The van der Waals surface area contributed by atoms with Gasteiger partial charge in [-0.1, -0.05) is 36.4 Å². The Morgan fingerprint density at radius 2 is 1.79 bits per heavy atom. The van der Waals surface area contributed by atoms with Crippen molar-refractivity contribution in [2.24, 2.45) is 5.92 Å². The Morgan fingerprint density at radius 1 is 1.07 bits per heavy atom. The van der Waals surface area contributed by atoms with Crippen LogP contribution in [0, 0.1) is 5.92 Å². The summed E-state index contributed by atoms with van der Waals surface area (Å²) in [4.78, 5) is 12.5. The van der Waals surface area contributed by atoms with Gasteiger partial charge in [0.15, 0.2) is 0 Å². The van der Waals surface area contributed by atoms with E-state index in [9.17, 15) is 18.0 Å². The molecule has 0 aromatic heterocycles. The van der Waals surface area contributed by atoms with Crippen molar-refractivity contribution in [2.75, 3.05) is 7.11 Å². The molecule has 1 amide bonds. The van der Waals surface area contributed by atoms with E-state index in [2.05, 4.69) is 5.32 Å². The third-order valence-electron chi connectivity index (χ3n) is 5.37. The highest BCUT2D eigenvalue weighted by Crippen LogP contribution is 2.51. The summed E-state index contributed by atoms with van der Waals surface area (Å²) in [6.07, 6.45) is -3.97. The number of halogens is 3. The molecule has 2 atom stereocenters. The minimum Gasteiger partial charge on any atom is -0.497 e. The monoisotopic (exact) mass is 399 g/mol. The number of ether oxygens (including phenoxy) is 1. The summed E-state index contributed by atoms with van der Waals surface area (Å²) < 4.78 is 44.8. The number of hydrogen-bond donors (Lipinski definition) is 1. The van der Waals surface area contributed by atoms with Gasteiger partial charge in [0.05, 0.1) is 12.7 Å². The Bertz CT molecular complexity index is 1060. The lowest BCUT2D eigenvalue weighted by Crippen LogP contribution is -2.25. The predicted molar refractivity (Wildman–Crippen MR) is 105 cm³/mol. The number of carbonyl (C=O) groups excluding carboxylic acids is 1. The van der Waals surface area contributed by atoms with Crippen LogP contribution < -0.4 is 10.1 Å². The molecular formula is C23H20F3NO2. The van der Waals surface area contributed by atoms with Gasteiger partial charge in [0.2, 0.25) is 5.91 Å². The second-order valence-corrected chi connectivity index (χ2v) is 7.30. The summed E-state index contributed by atoms with van der Waals surface area (Å²) in [5.41, 5.74) is 0.494. The molecule has 1 aliphatic rings. The second kappa shape index (κ2) is 7.43. The largest absolute Gasteiger partial charge is 0.497 e. The van der Waals surface area contributed by atoms with Gasteiger partial charge in [0.1, 0.15) is 5.75 Å². The molecule has 0 radical (unpaired) electrons. The van der Waals surface area contributed by atoms with Gasteiger partial charge in [-0.2, -0.15) is 13.2 Å². The van der Waals surface area contributed by atoms with E-state index in [1.165, 1.54) is 12.1 Å². The van der Waals surface area contributed by atoms with Crippen molar-refractivity contribution in [1.82, 2.24) is 5.32 Å². The summed E-state index contributed by atoms with van der Waals surface area (Å²) in [5, 5.41) is 4.92. The topological polar surface area (TPSA) is 38.3 Å². The molecule has 3 aromatic carbocycles. The predicted octanol–water partition coefficient (Wildman–Crippen LogP) is 5.29. The highest BCUT2D eigenvalue weighted by molar-refractivity contribution is 5.85. The number of amides is 1. The maximum Gasteiger partial charge on any atom is 0.416 e. The van der Waals surface area contributed by atoms with E-state index >= 15 is 0 Å². The van der Waals surface area contributed by atoms with Gasteiger partial charge >= 0.3 is 6.18 Å². The van der Waals surface area contributed by atoms with Gasteiger partial charge in [0, 0.05) is 12.5 Å². The summed E-state index contributed by atoms with van der Waals surface area (Å²) >= 11 is 0. The SMILES string of the molecule is COc1ccc2cc(CNC(=O)C3CC3c3ccccc3C(F)(F)F)ccc2c1. The summed E-state index contributed by atoms with van der Waals surface area (Å²) in [5.74, 6) is -0.223. The normalized spacial score (nSPS) is 18.5. The molecule has 3 aromatic rings. The highest BCUT2D eigenvalue weighted by atomic mass is 19.4. The smallest absolute Gasteiger partial charge is 0.416 e. The molecule has 4 rings (SSSR count). The fourth-order valence-corrected chi connectivity index (χ4v) is 3.74. The summed E-state index contributed by atoms with van der Waals surface area (Å²) in [6, 6.07) is 17.1. The molecule has 0 aliphatic heterocycles. The third-order valence-corrected chi connectivity index (χ3v) is 5.37. The van der Waals surface area contributed by atoms with Crippen LogP contribution in [0.25, 0.3) is 10.8 Å². The number of nitrogens with one attached hydrogen (secondary N) is 1. The standard InChI is InChI=1S/C23H20F3NO2/c1-29-17-9-8-15-10-14(6-7-16(15)11-17)13-27-22(28)20-12-19(20)18-4-2-3-5-21(18)23(24,25)26/h2-11,19-20H,12-13H2,1H3,(H,27,28). The lowest BCUT2D eigenvalue weighted by atomic mass is 10.0. The molecule has 0 bridgehead atoms. The molecule has 1 N–H and O–H groups in total. The van der Waals surface area contributed by atoms with E-state index in [-0.39, 0.29) is 17.4 Å². The average Bonchev–Trinajstić information content (AvgIpc) is 3.52. The molecular weight excluding hydrogens is 379 g/mol. The first-order valence-electron chi connectivity index (χ1n) is 9.37. The molecule has 29 heavy (non-hydrogen) atoms. The zero-order chi connectivity index (χ0) is 20.6. The van der Waals surface area contributed by atoms with Crippen molar-refractivity contribution in [3.63, 3.8) is 0 Å². The number of fused-ring (bicyclic) bond motifs is 1. The quantitative estimate of drug-likeness (QED) is 0.633. The molecule has 1 aliphatic carbocycles. The molecule has 0 spiro atoms. The molecule has 2 unspecified atom stereocenters. The van der Waals surface area contributed by atoms with E-state index < -0.39 is 17.7 Å². The molecule has 1 fully saturated rings. The van der Waals surface area contributed by atoms with Crippen molar-refractivity contribution in [3.8, 4) is 5.75 Å². The Balaban J connectivity index is 1.41. The van der Waals surface area contributed by atoms with Crippen LogP contribution in [0.2, 0.25) is 0 Å². The zero-order valence-corrected chi connectivity index (χ0v) is 15.8. The van der Waals surface area contributed by atoms with Crippen LogP contribution in [0.5, 0.6) is 5.75 Å². The number of carbonyl (C=O) groups is 1. The third kappa shape index (κ3) is 4.06. The lowest BCUT2D eigenvalue weighted by molar-refractivity contribution is -0.138. The van der Waals surface area contributed by atoms with Gasteiger partial charge in [-0.05, 0) is 58.5 Å². The maximum atomic E-state index is 13.2. The molecule has 3 nitrogen and oxygen atoms in total. The van der Waals surface area contributed by atoms with Crippen LogP contribution in [0.15, 0.2) is 60.7 Å². The van der Waals surface area contributed by atoms with Gasteiger partial charge in [-0.25, -0.2) is 0 Å². The van der Waals surface area contributed by atoms with Crippen molar-refractivity contribution in [2.45, 2.75) is 25.1 Å². The van der Waals surface area contributed by atoms with Gasteiger partial charge in [0.25, 0.3) is 0 Å². The first kappa shape index (κ1) is 19.3. The van der Waals surface area contributed by atoms with Gasteiger partial charge < -0.3 is 10.1 Å². The average molecular weight is 399 g/mol. The van der Waals surface area contributed by atoms with Gasteiger partial charge in [-0.3, -0.25) is 4.79 Å². The number of methoxy groups -OCH3 is 1. The number of alkyl halides is 3. The fraction of sp³-hybridized carbons (Fsp3) is 0.261. The van der Waals surface area contributed by atoms with Crippen LogP contribution in [-0.4, -0.2) is 13.0 Å². The maximum absolute atomic E-state index is 13.2. The first-order valence-corrected chi connectivity index (χ1v) is 9.37. The fourth-order valence-electron chi connectivity index (χ4n) is 3.74. The van der Waals surface area contributed by atoms with Crippen molar-refractivity contribution in [1.29, 1.82) is 0 Å². The Morgan fingerprint density at radius 3 is 2.55 bits per heavy atom. The van der Waals surface area contributed by atoms with E-state index in [1.807, 2.05) is 36.4 Å². The van der Waals surface area contributed by atoms with Crippen molar-refractivity contribution < 1.29 is 22.7 Å².